The molecule has 3 rings (SSSR count). The highest BCUT2D eigenvalue weighted by Gasteiger charge is 2.12. The number of para-hydroxylation sites is 1. The van der Waals surface area contributed by atoms with Gasteiger partial charge in [-0.05, 0) is 47.5 Å². The largest absolute Gasteiger partial charge is 0.311 e. The molecule has 3 aromatic carbocycles. The number of hydrogen-bond acceptors (Lipinski definition) is 1. The fourth-order valence-electron chi connectivity index (χ4n) is 2.81. The lowest BCUT2D eigenvalue weighted by molar-refractivity contribution is 1.21. The number of nitrogens with zero attached hydrogens (tertiary/aromatic N) is 1. The monoisotopic (exact) mass is 323 g/mol. The zero-order chi connectivity index (χ0) is 17.5. The van der Waals surface area contributed by atoms with Crippen molar-refractivity contribution in [3.05, 3.63) is 122 Å². The van der Waals surface area contributed by atoms with Crippen LogP contribution in [0.2, 0.25) is 0 Å². The van der Waals surface area contributed by atoms with Crippen molar-refractivity contribution in [2.45, 2.75) is 0 Å². The summed E-state index contributed by atoms with van der Waals surface area (Å²) in [5, 5.41) is 0. The molecule has 0 unspecified atom stereocenters. The Morgan fingerprint density at radius 3 is 1.72 bits per heavy atom. The van der Waals surface area contributed by atoms with E-state index in [4.69, 9.17) is 0 Å². The lowest BCUT2D eigenvalue weighted by Gasteiger charge is -2.26. The Balaban J connectivity index is 2.03. The second-order valence-electron chi connectivity index (χ2n) is 5.62. The lowest BCUT2D eigenvalue weighted by Crippen LogP contribution is -2.14. The molecule has 0 spiro atoms. The van der Waals surface area contributed by atoms with Gasteiger partial charge in [-0.25, -0.2) is 0 Å². The molecule has 0 aliphatic carbocycles. The van der Waals surface area contributed by atoms with Crippen LogP contribution in [0.3, 0.4) is 0 Å². The molecule has 122 valence electrons. The fraction of sp³-hybridized carbons (Fsp3) is 0. The standard InChI is InChI=1S/C24H21N/c1-3-11-22(4-2)25(23-14-9-6-10-15-23)24-18-16-21(17-19-24)20-12-7-5-8-13-20/h3-19H,1-2H2/b22-11+. The van der Waals surface area contributed by atoms with Crippen molar-refractivity contribution in [1.29, 1.82) is 0 Å². The summed E-state index contributed by atoms with van der Waals surface area (Å²) in [5.74, 6) is 0. The summed E-state index contributed by atoms with van der Waals surface area (Å²) >= 11 is 0. The molecule has 0 saturated heterocycles. The van der Waals surface area contributed by atoms with Crippen LogP contribution in [0, 0.1) is 0 Å². The molecule has 25 heavy (non-hydrogen) atoms. The average Bonchev–Trinajstić information content (AvgIpc) is 2.69. The van der Waals surface area contributed by atoms with Gasteiger partial charge in [0.1, 0.15) is 0 Å². The molecule has 1 heteroatoms. The third-order valence-electron chi connectivity index (χ3n) is 4.00. The first-order valence-electron chi connectivity index (χ1n) is 8.29. The van der Waals surface area contributed by atoms with Gasteiger partial charge < -0.3 is 4.90 Å². The molecule has 3 aromatic rings. The Morgan fingerprint density at radius 1 is 0.640 bits per heavy atom. The van der Waals surface area contributed by atoms with Gasteiger partial charge in [-0.15, -0.1) is 0 Å². The summed E-state index contributed by atoms with van der Waals surface area (Å²) in [5.41, 5.74) is 5.56. The molecule has 1 nitrogen and oxygen atoms in total. The van der Waals surface area contributed by atoms with E-state index in [0.717, 1.165) is 17.1 Å². The van der Waals surface area contributed by atoms with Gasteiger partial charge in [0.15, 0.2) is 0 Å². The van der Waals surface area contributed by atoms with E-state index in [1.807, 2.05) is 36.4 Å². The van der Waals surface area contributed by atoms with Crippen molar-refractivity contribution in [2.24, 2.45) is 0 Å². The molecule has 0 saturated carbocycles. The van der Waals surface area contributed by atoms with Gasteiger partial charge >= 0.3 is 0 Å². The quantitative estimate of drug-likeness (QED) is 0.454. The van der Waals surface area contributed by atoms with Crippen LogP contribution in [0.5, 0.6) is 0 Å². The highest BCUT2D eigenvalue weighted by atomic mass is 15.1. The fourth-order valence-corrected chi connectivity index (χ4v) is 2.81. The SMILES string of the molecule is C=C/C=C(\C=C)N(c1ccccc1)c1ccc(-c2ccccc2)cc1. The van der Waals surface area contributed by atoms with E-state index < -0.39 is 0 Å². The highest BCUT2D eigenvalue weighted by Crippen LogP contribution is 2.32. The van der Waals surface area contributed by atoms with Crippen LogP contribution in [0.15, 0.2) is 122 Å². The number of anilines is 2. The molecule has 0 fully saturated rings. The summed E-state index contributed by atoms with van der Waals surface area (Å²) in [7, 11) is 0. The van der Waals surface area contributed by atoms with Crippen LogP contribution in [0.25, 0.3) is 11.1 Å². The maximum absolute atomic E-state index is 3.96. The molecule has 0 amide bonds. The first kappa shape index (κ1) is 16.5. The molecule has 0 heterocycles. The number of rotatable bonds is 6. The van der Waals surface area contributed by atoms with E-state index in [-0.39, 0.29) is 0 Å². The van der Waals surface area contributed by atoms with Crippen molar-refractivity contribution in [2.75, 3.05) is 4.90 Å². The Kier molecular flexibility index (Phi) is 5.28. The first-order valence-corrected chi connectivity index (χ1v) is 8.29. The number of allylic oxidation sites excluding steroid dienone is 3. The van der Waals surface area contributed by atoms with Crippen LogP contribution in [-0.2, 0) is 0 Å². The second kappa shape index (κ2) is 7.98. The maximum atomic E-state index is 3.96. The van der Waals surface area contributed by atoms with Crippen molar-refractivity contribution in [1.82, 2.24) is 0 Å². The van der Waals surface area contributed by atoms with E-state index in [2.05, 4.69) is 78.7 Å². The second-order valence-corrected chi connectivity index (χ2v) is 5.62. The van der Waals surface area contributed by atoms with Crippen LogP contribution >= 0.6 is 0 Å². The molecule has 0 aliphatic rings. The van der Waals surface area contributed by atoms with Crippen molar-refractivity contribution < 1.29 is 0 Å². The van der Waals surface area contributed by atoms with E-state index in [1.54, 1.807) is 6.08 Å². The van der Waals surface area contributed by atoms with Gasteiger partial charge in [0.2, 0.25) is 0 Å². The summed E-state index contributed by atoms with van der Waals surface area (Å²) in [6.07, 6.45) is 5.59. The van der Waals surface area contributed by atoms with Crippen LogP contribution in [-0.4, -0.2) is 0 Å². The molecule has 0 N–H and O–H groups in total. The van der Waals surface area contributed by atoms with Gasteiger partial charge in [-0.3, -0.25) is 0 Å². The Bertz CT molecular complexity index is 859. The van der Waals surface area contributed by atoms with Gasteiger partial charge in [-0.2, -0.15) is 0 Å². The molecule has 0 bridgehead atoms. The zero-order valence-corrected chi connectivity index (χ0v) is 14.2. The van der Waals surface area contributed by atoms with Crippen molar-refractivity contribution >= 4 is 11.4 Å². The lowest BCUT2D eigenvalue weighted by atomic mass is 10.0. The summed E-state index contributed by atoms with van der Waals surface area (Å²) in [6, 6.07) is 29.2. The third kappa shape index (κ3) is 3.78. The van der Waals surface area contributed by atoms with Gasteiger partial charge in [-0.1, -0.05) is 79.9 Å². The molecule has 0 aliphatic heterocycles. The Morgan fingerprint density at radius 2 is 1.16 bits per heavy atom. The smallest absolute Gasteiger partial charge is 0.0462 e. The van der Waals surface area contributed by atoms with Crippen LogP contribution < -0.4 is 4.90 Å². The van der Waals surface area contributed by atoms with Crippen molar-refractivity contribution in [3.63, 3.8) is 0 Å². The normalized spacial score (nSPS) is 11.0. The van der Waals surface area contributed by atoms with E-state index in [9.17, 15) is 0 Å². The minimum Gasteiger partial charge on any atom is -0.311 e. The van der Waals surface area contributed by atoms with Gasteiger partial charge in [0, 0.05) is 17.1 Å². The first-order chi connectivity index (χ1) is 12.3. The summed E-state index contributed by atoms with van der Waals surface area (Å²) < 4.78 is 0. The van der Waals surface area contributed by atoms with Crippen LogP contribution in [0.4, 0.5) is 11.4 Å². The minimum absolute atomic E-state index is 0.980. The predicted molar refractivity (Wildman–Crippen MR) is 109 cm³/mol. The molecule has 0 atom stereocenters. The molecular weight excluding hydrogens is 302 g/mol. The summed E-state index contributed by atoms with van der Waals surface area (Å²) in [6.45, 7) is 7.78. The number of hydrogen-bond donors (Lipinski definition) is 0. The molecule has 0 aromatic heterocycles. The Hall–Kier alpha value is -3.32. The van der Waals surface area contributed by atoms with E-state index in [0.29, 0.717) is 0 Å². The average molecular weight is 323 g/mol. The van der Waals surface area contributed by atoms with E-state index in [1.165, 1.54) is 11.1 Å². The zero-order valence-electron chi connectivity index (χ0n) is 14.2. The predicted octanol–water partition coefficient (Wildman–Crippen LogP) is 6.75. The molecular formula is C24H21N. The topological polar surface area (TPSA) is 3.24 Å². The maximum Gasteiger partial charge on any atom is 0.0462 e. The Labute approximate surface area is 149 Å². The highest BCUT2D eigenvalue weighted by molar-refractivity contribution is 5.73. The van der Waals surface area contributed by atoms with Gasteiger partial charge in [0.05, 0.1) is 0 Å². The number of benzene rings is 3. The third-order valence-corrected chi connectivity index (χ3v) is 4.00. The van der Waals surface area contributed by atoms with Gasteiger partial charge in [0.25, 0.3) is 0 Å². The van der Waals surface area contributed by atoms with E-state index >= 15 is 0 Å². The molecule has 0 radical (unpaired) electrons. The summed E-state index contributed by atoms with van der Waals surface area (Å²) in [4.78, 5) is 2.17. The van der Waals surface area contributed by atoms with Crippen LogP contribution in [0.1, 0.15) is 0 Å². The van der Waals surface area contributed by atoms with Crippen molar-refractivity contribution in [3.8, 4) is 11.1 Å². The minimum atomic E-state index is 0.980.